The summed E-state index contributed by atoms with van der Waals surface area (Å²) in [6.45, 7) is 16.2. The topological polar surface area (TPSA) is 28.7 Å². The molecule has 3 aromatic carbocycles. The van der Waals surface area contributed by atoms with E-state index >= 15 is 0 Å². The number of hydrogen-bond donors (Lipinski definition) is 0. The van der Waals surface area contributed by atoms with Crippen molar-refractivity contribution in [3.63, 3.8) is 0 Å². The van der Waals surface area contributed by atoms with Gasteiger partial charge in [0.15, 0.2) is 0 Å². The van der Waals surface area contributed by atoms with Gasteiger partial charge in [0.1, 0.15) is 5.82 Å². The molecule has 198 valence electrons. The van der Waals surface area contributed by atoms with E-state index in [2.05, 4.69) is 90.8 Å². The largest absolute Gasteiger partial charge is 0.510 e. The van der Waals surface area contributed by atoms with E-state index in [0.717, 1.165) is 37.7 Å². The third kappa shape index (κ3) is 5.22. The Morgan fingerprint density at radius 1 is 0.949 bits per heavy atom. The number of hydrogen-bond acceptors (Lipinski definition) is 4. The Labute approximate surface area is 248 Å². The van der Waals surface area contributed by atoms with E-state index in [1.54, 1.807) is 11.8 Å². The molecule has 6 rings (SSSR count). The number of fused-ring (bicyclic) bond motifs is 3. The van der Waals surface area contributed by atoms with Crippen LogP contribution in [-0.2, 0) is 26.5 Å². The van der Waals surface area contributed by atoms with Gasteiger partial charge in [-0.3, -0.25) is 4.85 Å². The van der Waals surface area contributed by atoms with Crippen LogP contribution in [0.4, 0.5) is 11.4 Å². The second-order valence-electron chi connectivity index (χ2n) is 10.4. The number of nitrogens with zero attached hydrogens (tertiary/aromatic N) is 5. The van der Waals surface area contributed by atoms with Crippen molar-refractivity contribution in [1.29, 1.82) is 0 Å². The molecule has 0 fully saturated rings. The van der Waals surface area contributed by atoms with Crippen LogP contribution in [0.2, 0.25) is 0 Å². The molecule has 0 radical (unpaired) electrons. The molecule has 39 heavy (non-hydrogen) atoms. The third-order valence-corrected chi connectivity index (χ3v) is 7.51. The molecule has 0 saturated heterocycles. The first kappa shape index (κ1) is 27.1. The van der Waals surface area contributed by atoms with Crippen LogP contribution in [0.5, 0.6) is 0 Å². The van der Waals surface area contributed by atoms with Gasteiger partial charge >= 0.3 is 0 Å². The molecule has 0 saturated carbocycles. The van der Waals surface area contributed by atoms with E-state index in [0.29, 0.717) is 5.69 Å². The monoisotopic (exact) mass is 707 g/mol. The minimum absolute atomic E-state index is 0. The van der Waals surface area contributed by atoms with Crippen molar-refractivity contribution >= 4 is 44.9 Å². The molecule has 1 aliphatic rings. The maximum atomic E-state index is 7.61. The summed E-state index contributed by atoms with van der Waals surface area (Å²) in [6.07, 6.45) is 5.82. The molecule has 0 atom stereocenters. The summed E-state index contributed by atoms with van der Waals surface area (Å²) in [4.78, 5) is 14.2. The van der Waals surface area contributed by atoms with Crippen molar-refractivity contribution in [2.24, 2.45) is 0 Å². The Hall–Kier alpha value is -3.52. The molecule has 0 N–H and O–H groups in total. The molecule has 1 aliphatic heterocycles. The summed E-state index contributed by atoms with van der Waals surface area (Å²) < 4.78 is 2.20. The summed E-state index contributed by atoms with van der Waals surface area (Å²) >= 11 is 1.56. The van der Waals surface area contributed by atoms with E-state index in [4.69, 9.17) is 11.6 Å². The number of benzene rings is 3. The van der Waals surface area contributed by atoms with E-state index in [-0.39, 0.29) is 26.5 Å². The molecule has 0 amide bonds. The van der Waals surface area contributed by atoms with Crippen molar-refractivity contribution in [3.05, 3.63) is 115 Å². The van der Waals surface area contributed by atoms with Gasteiger partial charge in [-0.05, 0) is 54.0 Å². The van der Waals surface area contributed by atoms with Crippen LogP contribution >= 0.6 is 11.8 Å². The number of pyridine rings is 1. The molecular weight excluding hydrogens is 682 g/mol. The number of anilines is 1. The van der Waals surface area contributed by atoms with E-state index in [1.807, 2.05) is 54.2 Å². The zero-order valence-electron chi connectivity index (χ0n) is 22.0. The Balaban J connectivity index is 0.00000308. The quantitative estimate of drug-likeness (QED) is 0.177. The Morgan fingerprint density at radius 2 is 1.77 bits per heavy atom. The van der Waals surface area contributed by atoms with Crippen molar-refractivity contribution < 1.29 is 21.1 Å². The molecule has 5 aromatic rings. The molecule has 3 heterocycles. The van der Waals surface area contributed by atoms with Crippen LogP contribution < -0.4 is 4.90 Å². The molecule has 5 nitrogen and oxygen atoms in total. The molecular formula is C32H26N5PtS-3. The Kier molecular flexibility index (Phi) is 7.33. The summed E-state index contributed by atoms with van der Waals surface area (Å²) in [7, 11) is 1.97. The van der Waals surface area contributed by atoms with E-state index in [1.165, 1.54) is 10.9 Å². The Bertz CT molecular complexity index is 1760. The molecule has 7 heteroatoms. The second kappa shape index (κ2) is 10.6. The van der Waals surface area contributed by atoms with Gasteiger partial charge in [0, 0.05) is 32.8 Å². The number of para-hydroxylation sites is 1. The maximum absolute atomic E-state index is 7.61. The fraction of sp³-hybridized carbons (Fsp3) is 0.156. The second-order valence-corrected chi connectivity index (χ2v) is 11.5. The summed E-state index contributed by atoms with van der Waals surface area (Å²) in [5.74, 6) is 0.881. The van der Waals surface area contributed by atoms with Gasteiger partial charge in [0.05, 0.1) is 12.3 Å². The molecule has 2 aromatic heterocycles. The van der Waals surface area contributed by atoms with Crippen LogP contribution in [-0.4, -0.2) is 21.5 Å². The van der Waals surface area contributed by atoms with Gasteiger partial charge in [-0.15, -0.1) is 50.8 Å². The molecule has 0 aliphatic carbocycles. The summed E-state index contributed by atoms with van der Waals surface area (Å²) in [6, 6.07) is 27.8. The molecule has 0 unspecified atom stereocenters. The zero-order valence-corrected chi connectivity index (χ0v) is 25.1. The van der Waals surface area contributed by atoms with Crippen molar-refractivity contribution in [3.8, 4) is 5.82 Å². The fourth-order valence-corrected chi connectivity index (χ4v) is 5.52. The van der Waals surface area contributed by atoms with Gasteiger partial charge in [0.2, 0.25) is 0 Å². The number of aromatic nitrogens is 2. The molecule has 0 spiro atoms. The van der Waals surface area contributed by atoms with Gasteiger partial charge in [-0.2, -0.15) is 24.9 Å². The predicted octanol–water partition coefficient (Wildman–Crippen LogP) is 8.12. The first-order valence-corrected chi connectivity index (χ1v) is 13.2. The van der Waals surface area contributed by atoms with Gasteiger partial charge < -0.3 is 14.4 Å². The smallest absolute Gasteiger partial charge is 0.135 e. The Morgan fingerprint density at radius 3 is 2.51 bits per heavy atom. The van der Waals surface area contributed by atoms with Crippen LogP contribution in [0.25, 0.3) is 32.5 Å². The summed E-state index contributed by atoms with van der Waals surface area (Å²) in [5, 5.41) is 2.30. The van der Waals surface area contributed by atoms with Gasteiger partial charge in [-0.1, -0.05) is 44.5 Å². The summed E-state index contributed by atoms with van der Waals surface area (Å²) in [5.41, 5.74) is 4.74. The zero-order chi connectivity index (χ0) is 26.4. The minimum Gasteiger partial charge on any atom is -0.510 e. The predicted molar refractivity (Wildman–Crippen MR) is 155 cm³/mol. The minimum atomic E-state index is 0. The van der Waals surface area contributed by atoms with Crippen LogP contribution in [0, 0.1) is 25.4 Å². The van der Waals surface area contributed by atoms with Crippen molar-refractivity contribution in [2.75, 3.05) is 11.9 Å². The van der Waals surface area contributed by atoms with Crippen LogP contribution in [0.1, 0.15) is 26.3 Å². The molecule has 0 bridgehead atoms. The standard InChI is InChI=1S/C32H26N5S.Pt/c1-32(2,3)22-12-13-34-31(16-22)37-29-9-7-6-8-27(29)28-11-10-25(20-30(28)37)38-26-18-23(33-4)17-24(19-26)36-15-14-35(5)21-36;/h6-18,21H,1-3,5H3;/q-3;. The first-order chi connectivity index (χ1) is 18.3. The van der Waals surface area contributed by atoms with Crippen molar-refractivity contribution in [1.82, 2.24) is 14.5 Å². The van der Waals surface area contributed by atoms with Gasteiger partial charge in [-0.25, -0.2) is 4.98 Å². The maximum Gasteiger partial charge on any atom is 0.135 e. The first-order valence-electron chi connectivity index (χ1n) is 12.4. The van der Waals surface area contributed by atoms with Crippen LogP contribution in [0.3, 0.4) is 0 Å². The van der Waals surface area contributed by atoms with E-state index < -0.39 is 0 Å². The third-order valence-electron chi connectivity index (χ3n) is 6.61. The van der Waals surface area contributed by atoms with Crippen LogP contribution in [0.15, 0.2) is 89.1 Å². The SMILES string of the molecule is [C-]#[N+]c1cc(Sc2[c-]c3c(cc2)c2ccccc2n3-c2cc(C(C)(C)C)ccn2)[c-]c(N2C=CN(C)[CH-]2)c1.[Pt]. The van der Waals surface area contributed by atoms with Gasteiger partial charge in [0.25, 0.3) is 0 Å². The van der Waals surface area contributed by atoms with Crippen molar-refractivity contribution in [2.45, 2.75) is 36.0 Å². The number of rotatable bonds is 4. The van der Waals surface area contributed by atoms with E-state index in [9.17, 15) is 0 Å². The fourth-order valence-electron chi connectivity index (χ4n) is 4.66. The normalized spacial score (nSPS) is 13.2. The average molecular weight is 708 g/mol. The average Bonchev–Trinajstić information content (AvgIpc) is 3.49.